The van der Waals surface area contributed by atoms with Crippen molar-refractivity contribution in [1.82, 2.24) is 19.0 Å². The number of carbonyl (C=O) groups is 1. The summed E-state index contributed by atoms with van der Waals surface area (Å²) in [4.78, 5) is 16.9. The van der Waals surface area contributed by atoms with E-state index in [-0.39, 0.29) is 41.4 Å². The highest BCUT2D eigenvalue weighted by Gasteiger charge is 2.32. The molecule has 3 aromatic rings. The van der Waals surface area contributed by atoms with Crippen molar-refractivity contribution in [2.75, 3.05) is 13.1 Å². The van der Waals surface area contributed by atoms with E-state index >= 15 is 0 Å². The molecule has 0 saturated carbocycles. The number of aromatic nitrogens is 2. The normalized spacial score (nSPS) is 16.0. The van der Waals surface area contributed by atoms with Crippen LogP contribution in [-0.2, 0) is 21.4 Å². The second kappa shape index (κ2) is 8.74. The van der Waals surface area contributed by atoms with E-state index in [1.165, 1.54) is 10.4 Å². The fourth-order valence-corrected chi connectivity index (χ4v) is 5.48. The molecule has 1 aliphatic rings. The number of carbonyl (C=O) groups excluding carboxylic acids is 1. The second-order valence-corrected chi connectivity index (χ2v) is 10.1. The second-order valence-electron chi connectivity index (χ2n) is 7.32. The number of benzene rings is 1. The van der Waals surface area contributed by atoms with Crippen molar-refractivity contribution >= 4 is 44.8 Å². The summed E-state index contributed by atoms with van der Waals surface area (Å²) in [5.41, 5.74) is 1.43. The maximum atomic E-state index is 13.3. The van der Waals surface area contributed by atoms with Crippen molar-refractivity contribution in [2.45, 2.75) is 24.3 Å². The minimum atomic E-state index is -3.80. The summed E-state index contributed by atoms with van der Waals surface area (Å²) in [6, 6.07) is 6.86. The average Bonchev–Trinajstić information content (AvgIpc) is 3.16. The highest BCUT2D eigenvalue weighted by molar-refractivity contribution is 7.89. The van der Waals surface area contributed by atoms with Crippen LogP contribution in [0.5, 0.6) is 0 Å². The summed E-state index contributed by atoms with van der Waals surface area (Å²) < 4.78 is 42.0. The van der Waals surface area contributed by atoms with Gasteiger partial charge in [0.05, 0.1) is 27.2 Å². The standard InChI is InChI=1S/C20H19Cl2FN4O3S/c21-14-1-4-19-25-15(12-26(19)11-14)10-24-20(28)13-5-7-27(8-6-13)31(29,30)16-2-3-18(23)17(22)9-16/h1-4,9,11-13H,5-8,10H2,(H,24,28). The van der Waals surface area contributed by atoms with Crippen LogP contribution in [-0.4, -0.2) is 41.1 Å². The molecule has 11 heteroatoms. The first-order chi connectivity index (χ1) is 14.7. The lowest BCUT2D eigenvalue weighted by Crippen LogP contribution is -2.42. The molecule has 2 aromatic heterocycles. The summed E-state index contributed by atoms with van der Waals surface area (Å²) in [6.45, 7) is 0.662. The summed E-state index contributed by atoms with van der Waals surface area (Å²) in [5.74, 6) is -1.11. The first-order valence-electron chi connectivity index (χ1n) is 9.60. The Balaban J connectivity index is 1.34. The quantitative estimate of drug-likeness (QED) is 0.600. The van der Waals surface area contributed by atoms with E-state index in [0.29, 0.717) is 23.6 Å². The summed E-state index contributed by atoms with van der Waals surface area (Å²) in [6.07, 6.45) is 4.31. The molecular formula is C20H19Cl2FN4O3S. The molecule has 7 nitrogen and oxygen atoms in total. The van der Waals surface area contributed by atoms with E-state index in [1.54, 1.807) is 28.9 Å². The lowest BCUT2D eigenvalue weighted by Gasteiger charge is -2.30. The Kier molecular flexibility index (Phi) is 6.20. The monoisotopic (exact) mass is 484 g/mol. The zero-order valence-electron chi connectivity index (χ0n) is 16.3. The third-order valence-corrected chi connectivity index (χ3v) is 7.67. The van der Waals surface area contributed by atoms with Crippen molar-refractivity contribution in [3.05, 3.63) is 64.3 Å². The lowest BCUT2D eigenvalue weighted by atomic mass is 9.97. The van der Waals surface area contributed by atoms with Gasteiger partial charge < -0.3 is 9.72 Å². The smallest absolute Gasteiger partial charge is 0.243 e. The third kappa shape index (κ3) is 4.69. The molecular weight excluding hydrogens is 466 g/mol. The fourth-order valence-electron chi connectivity index (χ4n) is 3.57. The molecule has 0 unspecified atom stereocenters. The molecule has 0 aliphatic carbocycles. The molecule has 0 spiro atoms. The van der Waals surface area contributed by atoms with Crippen LogP contribution >= 0.6 is 23.2 Å². The van der Waals surface area contributed by atoms with Crippen LogP contribution in [0, 0.1) is 11.7 Å². The van der Waals surface area contributed by atoms with Gasteiger partial charge in [-0.15, -0.1) is 0 Å². The minimum Gasteiger partial charge on any atom is -0.350 e. The van der Waals surface area contributed by atoms with Gasteiger partial charge in [-0.3, -0.25) is 4.79 Å². The van der Waals surface area contributed by atoms with Crippen molar-refractivity contribution in [3.8, 4) is 0 Å². The van der Waals surface area contributed by atoms with Gasteiger partial charge in [0.15, 0.2) is 0 Å². The van der Waals surface area contributed by atoms with Crippen LogP contribution in [0.15, 0.2) is 47.6 Å². The first-order valence-corrected chi connectivity index (χ1v) is 11.8. The van der Waals surface area contributed by atoms with Gasteiger partial charge in [0.25, 0.3) is 0 Å². The van der Waals surface area contributed by atoms with Gasteiger partial charge >= 0.3 is 0 Å². The Labute approximate surface area is 188 Å². The number of rotatable bonds is 5. The van der Waals surface area contributed by atoms with E-state index in [4.69, 9.17) is 23.2 Å². The maximum Gasteiger partial charge on any atom is 0.243 e. The zero-order valence-corrected chi connectivity index (χ0v) is 18.6. The Morgan fingerprint density at radius 1 is 1.16 bits per heavy atom. The van der Waals surface area contributed by atoms with Gasteiger partial charge in [0.1, 0.15) is 11.5 Å². The van der Waals surface area contributed by atoms with Crippen molar-refractivity contribution in [1.29, 1.82) is 0 Å². The largest absolute Gasteiger partial charge is 0.350 e. The van der Waals surface area contributed by atoms with Gasteiger partial charge in [-0.05, 0) is 43.2 Å². The average molecular weight is 485 g/mol. The number of piperidine rings is 1. The van der Waals surface area contributed by atoms with E-state index in [2.05, 4.69) is 10.3 Å². The molecule has 4 rings (SSSR count). The molecule has 31 heavy (non-hydrogen) atoms. The highest BCUT2D eigenvalue weighted by Crippen LogP contribution is 2.26. The Morgan fingerprint density at radius 2 is 1.90 bits per heavy atom. The summed E-state index contributed by atoms with van der Waals surface area (Å²) in [7, 11) is -3.80. The Hall–Kier alpha value is -2.20. The molecule has 0 bridgehead atoms. The van der Waals surface area contributed by atoms with Crippen LogP contribution < -0.4 is 5.32 Å². The zero-order chi connectivity index (χ0) is 22.2. The number of imidazole rings is 1. The molecule has 3 heterocycles. The van der Waals surface area contributed by atoms with Crippen LogP contribution in [0.1, 0.15) is 18.5 Å². The molecule has 1 aromatic carbocycles. The van der Waals surface area contributed by atoms with E-state index < -0.39 is 15.8 Å². The summed E-state index contributed by atoms with van der Waals surface area (Å²) >= 11 is 11.7. The molecule has 0 atom stereocenters. The maximum absolute atomic E-state index is 13.3. The number of nitrogens with zero attached hydrogens (tertiary/aromatic N) is 3. The lowest BCUT2D eigenvalue weighted by molar-refractivity contribution is -0.126. The fraction of sp³-hybridized carbons (Fsp3) is 0.300. The predicted octanol–water partition coefficient (Wildman–Crippen LogP) is 3.50. The van der Waals surface area contributed by atoms with Crippen LogP contribution in [0.3, 0.4) is 0 Å². The number of pyridine rings is 1. The number of sulfonamides is 1. The molecule has 1 saturated heterocycles. The number of hydrogen-bond donors (Lipinski definition) is 1. The number of nitrogens with one attached hydrogen (secondary N) is 1. The van der Waals surface area contributed by atoms with Gasteiger partial charge in [-0.1, -0.05) is 23.2 Å². The summed E-state index contributed by atoms with van der Waals surface area (Å²) in [5, 5.41) is 3.21. The Morgan fingerprint density at radius 3 is 2.61 bits per heavy atom. The highest BCUT2D eigenvalue weighted by atomic mass is 35.5. The number of fused-ring (bicyclic) bond motifs is 1. The van der Waals surface area contributed by atoms with Gasteiger partial charge in [-0.25, -0.2) is 17.8 Å². The Bertz CT molecular complexity index is 1240. The number of halogens is 3. The van der Waals surface area contributed by atoms with E-state index in [9.17, 15) is 17.6 Å². The number of hydrogen-bond acceptors (Lipinski definition) is 4. The van der Waals surface area contributed by atoms with Crippen molar-refractivity contribution in [3.63, 3.8) is 0 Å². The van der Waals surface area contributed by atoms with Crippen molar-refractivity contribution < 1.29 is 17.6 Å². The molecule has 1 fully saturated rings. The third-order valence-electron chi connectivity index (χ3n) is 5.26. The topological polar surface area (TPSA) is 83.8 Å². The predicted molar refractivity (Wildman–Crippen MR) is 115 cm³/mol. The van der Waals surface area contributed by atoms with E-state index in [0.717, 1.165) is 17.8 Å². The van der Waals surface area contributed by atoms with Gasteiger partial charge in [0.2, 0.25) is 15.9 Å². The molecule has 0 radical (unpaired) electrons. The van der Waals surface area contributed by atoms with Crippen LogP contribution in [0.25, 0.3) is 5.65 Å². The molecule has 164 valence electrons. The van der Waals surface area contributed by atoms with Gasteiger partial charge in [-0.2, -0.15) is 4.31 Å². The SMILES string of the molecule is O=C(NCc1cn2cc(Cl)ccc2n1)C1CCN(S(=O)(=O)c2ccc(F)c(Cl)c2)CC1. The van der Waals surface area contributed by atoms with Crippen LogP contribution in [0.4, 0.5) is 4.39 Å². The van der Waals surface area contributed by atoms with Gasteiger partial charge in [0, 0.05) is 31.4 Å². The van der Waals surface area contributed by atoms with Crippen LogP contribution in [0.2, 0.25) is 10.0 Å². The molecule has 1 amide bonds. The number of amides is 1. The van der Waals surface area contributed by atoms with E-state index in [1.807, 2.05) is 0 Å². The minimum absolute atomic E-state index is 0.0613. The first kappa shape index (κ1) is 22.0. The molecule has 1 aliphatic heterocycles. The van der Waals surface area contributed by atoms with Crippen molar-refractivity contribution in [2.24, 2.45) is 5.92 Å². The molecule has 1 N–H and O–H groups in total.